The van der Waals surface area contributed by atoms with Crippen LogP contribution in [0.15, 0.2) is 24.3 Å². The number of hydrogen-bond acceptors (Lipinski definition) is 6. The standard InChI is InChI=1S/C18H28N2O4/c1-19-13(6-8-15(19)17(21)22)11-4-3-5-12(10-11)14-7-9-16(18(23)24)20(14)2/h3-5,10,13-18,21-24H,6-9H2,1-2H3/t13-,14-,15+,16+/m0/s1. The predicted molar refractivity (Wildman–Crippen MR) is 89.9 cm³/mol. The Balaban J connectivity index is 1.78. The van der Waals surface area contributed by atoms with Gasteiger partial charge in [0.15, 0.2) is 12.6 Å². The van der Waals surface area contributed by atoms with Crippen LogP contribution in [0.4, 0.5) is 0 Å². The smallest absolute Gasteiger partial charge is 0.167 e. The molecule has 2 saturated heterocycles. The lowest BCUT2D eigenvalue weighted by molar-refractivity contribution is -0.0903. The van der Waals surface area contributed by atoms with E-state index >= 15 is 0 Å². The molecule has 3 rings (SSSR count). The zero-order chi connectivity index (χ0) is 17.4. The van der Waals surface area contributed by atoms with Crippen molar-refractivity contribution < 1.29 is 20.4 Å². The maximum absolute atomic E-state index is 9.49. The van der Waals surface area contributed by atoms with Crippen LogP contribution in [-0.2, 0) is 0 Å². The molecule has 2 aliphatic rings. The predicted octanol–water partition coefficient (Wildman–Crippen LogP) is 0.579. The summed E-state index contributed by atoms with van der Waals surface area (Å²) in [4.78, 5) is 4.09. The van der Waals surface area contributed by atoms with Gasteiger partial charge in [-0.05, 0) is 50.9 Å². The van der Waals surface area contributed by atoms with Gasteiger partial charge in [-0.25, -0.2) is 0 Å². The molecule has 0 saturated carbocycles. The molecule has 2 heterocycles. The second-order valence-corrected chi connectivity index (χ2v) is 7.15. The van der Waals surface area contributed by atoms with Crippen LogP contribution in [0.5, 0.6) is 0 Å². The van der Waals surface area contributed by atoms with Gasteiger partial charge in [0.05, 0.1) is 12.1 Å². The van der Waals surface area contributed by atoms with Gasteiger partial charge < -0.3 is 20.4 Å². The molecule has 0 aromatic heterocycles. The third-order valence-corrected chi connectivity index (χ3v) is 5.87. The Morgan fingerprint density at radius 1 is 0.792 bits per heavy atom. The molecule has 0 bridgehead atoms. The Kier molecular flexibility index (Phi) is 5.24. The lowest BCUT2D eigenvalue weighted by Gasteiger charge is -2.29. The molecular weight excluding hydrogens is 308 g/mol. The summed E-state index contributed by atoms with van der Waals surface area (Å²) < 4.78 is 0. The molecule has 4 atom stereocenters. The number of hydrogen-bond donors (Lipinski definition) is 4. The molecule has 6 nitrogen and oxygen atoms in total. The highest BCUT2D eigenvalue weighted by atomic mass is 16.5. The summed E-state index contributed by atoms with van der Waals surface area (Å²) in [6, 6.07) is 8.32. The van der Waals surface area contributed by atoms with Gasteiger partial charge >= 0.3 is 0 Å². The van der Waals surface area contributed by atoms with E-state index < -0.39 is 12.6 Å². The van der Waals surface area contributed by atoms with E-state index in [9.17, 15) is 20.4 Å². The minimum atomic E-state index is -1.31. The highest BCUT2D eigenvalue weighted by Crippen LogP contribution is 2.39. The van der Waals surface area contributed by atoms with Crippen LogP contribution in [0.25, 0.3) is 0 Å². The molecule has 1 aromatic carbocycles. The van der Waals surface area contributed by atoms with Crippen LogP contribution >= 0.6 is 0 Å². The van der Waals surface area contributed by atoms with Crippen molar-refractivity contribution in [3.63, 3.8) is 0 Å². The number of nitrogens with zero attached hydrogens (tertiary/aromatic N) is 2. The largest absolute Gasteiger partial charge is 0.367 e. The van der Waals surface area contributed by atoms with E-state index in [0.29, 0.717) is 0 Å². The monoisotopic (exact) mass is 336 g/mol. The maximum atomic E-state index is 9.49. The Morgan fingerprint density at radius 3 is 1.54 bits per heavy atom. The molecule has 0 radical (unpaired) electrons. The van der Waals surface area contributed by atoms with E-state index in [2.05, 4.69) is 18.2 Å². The van der Waals surface area contributed by atoms with Crippen molar-refractivity contribution in [3.05, 3.63) is 35.4 Å². The normalized spacial score (nSPS) is 32.3. The van der Waals surface area contributed by atoms with Gasteiger partial charge in [0.25, 0.3) is 0 Å². The summed E-state index contributed by atoms with van der Waals surface area (Å²) in [5.41, 5.74) is 2.36. The van der Waals surface area contributed by atoms with Crippen molar-refractivity contribution in [1.29, 1.82) is 0 Å². The number of rotatable bonds is 4. The second kappa shape index (κ2) is 7.07. The third-order valence-electron chi connectivity index (χ3n) is 5.87. The first kappa shape index (κ1) is 17.8. The summed E-state index contributed by atoms with van der Waals surface area (Å²) in [5.74, 6) is 0. The highest BCUT2D eigenvalue weighted by molar-refractivity contribution is 5.30. The fourth-order valence-corrected chi connectivity index (χ4v) is 4.43. The van der Waals surface area contributed by atoms with Gasteiger partial charge in [-0.1, -0.05) is 24.3 Å². The first-order valence-electron chi connectivity index (χ1n) is 8.66. The van der Waals surface area contributed by atoms with Crippen molar-refractivity contribution in [2.45, 2.75) is 62.4 Å². The third kappa shape index (κ3) is 3.22. The Bertz CT molecular complexity index is 520. The summed E-state index contributed by atoms with van der Waals surface area (Å²) in [7, 11) is 3.88. The molecule has 134 valence electrons. The van der Waals surface area contributed by atoms with Crippen molar-refractivity contribution in [2.75, 3.05) is 14.1 Å². The molecule has 2 fully saturated rings. The highest BCUT2D eigenvalue weighted by Gasteiger charge is 2.37. The van der Waals surface area contributed by atoms with Crippen molar-refractivity contribution in [2.24, 2.45) is 0 Å². The number of aliphatic hydroxyl groups is 4. The van der Waals surface area contributed by atoms with Crippen molar-refractivity contribution in [1.82, 2.24) is 9.80 Å². The average molecular weight is 336 g/mol. The van der Waals surface area contributed by atoms with Gasteiger partial charge in [0.1, 0.15) is 0 Å². The molecule has 0 amide bonds. The van der Waals surface area contributed by atoms with Crippen LogP contribution in [0, 0.1) is 0 Å². The molecule has 2 aliphatic heterocycles. The zero-order valence-electron chi connectivity index (χ0n) is 14.3. The minimum absolute atomic E-state index is 0.183. The summed E-state index contributed by atoms with van der Waals surface area (Å²) in [6.45, 7) is 0. The van der Waals surface area contributed by atoms with E-state index in [-0.39, 0.29) is 24.2 Å². The fraction of sp³-hybridized carbons (Fsp3) is 0.667. The number of likely N-dealkylation sites (N-methyl/N-ethyl adjacent to an activating group) is 2. The van der Waals surface area contributed by atoms with Crippen LogP contribution in [0.3, 0.4) is 0 Å². The molecule has 0 spiro atoms. The lowest BCUT2D eigenvalue weighted by atomic mass is 9.97. The van der Waals surface area contributed by atoms with Crippen LogP contribution < -0.4 is 0 Å². The van der Waals surface area contributed by atoms with E-state index in [0.717, 1.165) is 25.7 Å². The Morgan fingerprint density at radius 2 is 1.21 bits per heavy atom. The van der Waals surface area contributed by atoms with Crippen LogP contribution in [-0.4, -0.2) is 69.0 Å². The van der Waals surface area contributed by atoms with Gasteiger partial charge in [0, 0.05) is 12.1 Å². The van der Waals surface area contributed by atoms with Crippen molar-refractivity contribution >= 4 is 0 Å². The van der Waals surface area contributed by atoms with Gasteiger partial charge in [0.2, 0.25) is 0 Å². The molecule has 4 N–H and O–H groups in total. The minimum Gasteiger partial charge on any atom is -0.367 e. The first-order valence-corrected chi connectivity index (χ1v) is 8.66. The van der Waals surface area contributed by atoms with Crippen molar-refractivity contribution in [3.8, 4) is 0 Å². The zero-order valence-corrected chi connectivity index (χ0v) is 14.3. The molecular formula is C18H28N2O4. The van der Waals surface area contributed by atoms with E-state index in [1.807, 2.05) is 30.0 Å². The van der Waals surface area contributed by atoms with E-state index in [1.54, 1.807) is 0 Å². The summed E-state index contributed by atoms with van der Waals surface area (Å²) in [6.07, 6.45) is 0.726. The van der Waals surface area contributed by atoms with E-state index in [4.69, 9.17) is 0 Å². The quantitative estimate of drug-likeness (QED) is 0.602. The lowest BCUT2D eigenvalue weighted by Crippen LogP contribution is -2.37. The van der Waals surface area contributed by atoms with Gasteiger partial charge in [-0.2, -0.15) is 0 Å². The van der Waals surface area contributed by atoms with Crippen LogP contribution in [0.1, 0.15) is 48.9 Å². The number of benzene rings is 1. The summed E-state index contributed by atoms with van der Waals surface area (Å²) in [5, 5.41) is 38.0. The molecule has 0 aliphatic carbocycles. The maximum Gasteiger partial charge on any atom is 0.167 e. The number of likely N-dealkylation sites (tertiary alicyclic amines) is 2. The molecule has 24 heavy (non-hydrogen) atoms. The van der Waals surface area contributed by atoms with Crippen LogP contribution in [0.2, 0.25) is 0 Å². The molecule has 0 unspecified atom stereocenters. The average Bonchev–Trinajstić information content (AvgIpc) is 3.10. The van der Waals surface area contributed by atoms with E-state index in [1.165, 1.54) is 11.1 Å². The van der Waals surface area contributed by atoms with Gasteiger partial charge in [-0.15, -0.1) is 0 Å². The fourth-order valence-electron chi connectivity index (χ4n) is 4.43. The summed E-state index contributed by atoms with van der Waals surface area (Å²) >= 11 is 0. The Hall–Kier alpha value is -1.02. The molecule has 1 aromatic rings. The topological polar surface area (TPSA) is 87.4 Å². The van der Waals surface area contributed by atoms with Gasteiger partial charge in [-0.3, -0.25) is 9.80 Å². The SMILES string of the molecule is CN1[C@@H](C(O)O)CC[C@H]1c1cccc([C@@H]2CC[C@H](C(O)O)N2C)c1. The second-order valence-electron chi connectivity index (χ2n) is 7.15. The molecule has 6 heteroatoms. The Labute approximate surface area is 142 Å². The first-order chi connectivity index (χ1) is 11.4. The number of aliphatic hydroxyl groups excluding tert-OH is 2.